The molecular weight excluding hydrogens is 452 g/mol. The maximum Gasteiger partial charge on any atom is 0.303 e. The van der Waals surface area contributed by atoms with E-state index in [4.69, 9.17) is 28.4 Å². The fraction of sp³-hybridized carbons (Fsp3) is 0.522. The Morgan fingerprint density at radius 3 is 1.12 bits per heavy atom. The van der Waals surface area contributed by atoms with Gasteiger partial charge in [-0.25, -0.2) is 0 Å². The van der Waals surface area contributed by atoms with E-state index in [1.54, 1.807) is 24.3 Å². The summed E-state index contributed by atoms with van der Waals surface area (Å²) >= 11 is 0. The predicted octanol–water partition coefficient (Wildman–Crippen LogP) is 1.24. The Hall–Kier alpha value is -3.47. The van der Waals surface area contributed by atoms with Crippen LogP contribution in [0, 0.1) is 0 Å². The van der Waals surface area contributed by atoms with E-state index in [-0.39, 0.29) is 6.61 Å². The lowest BCUT2D eigenvalue weighted by atomic mass is 9.83. The fourth-order valence-electron chi connectivity index (χ4n) is 3.71. The second-order valence-corrected chi connectivity index (χ2v) is 7.63. The van der Waals surface area contributed by atoms with Gasteiger partial charge in [0, 0.05) is 34.6 Å². The van der Waals surface area contributed by atoms with Crippen LogP contribution in [0.4, 0.5) is 0 Å². The topological polar surface area (TPSA) is 141 Å². The van der Waals surface area contributed by atoms with Gasteiger partial charge in [-0.2, -0.15) is 0 Å². The minimum Gasteiger partial charge on any atom is -0.455 e. The SMILES string of the molecule is CC(=O)OC1[C@@H](OC(C)=O)[C@@H](OC(C)=O)C(OCc2ccccc2)[C@H](OC(C)=O)[C@H]1OC(C)=O. The van der Waals surface area contributed by atoms with Crippen LogP contribution in [0.15, 0.2) is 30.3 Å². The third-order valence-corrected chi connectivity index (χ3v) is 4.74. The summed E-state index contributed by atoms with van der Waals surface area (Å²) in [7, 11) is 0. The highest BCUT2D eigenvalue weighted by atomic mass is 16.7. The number of benzene rings is 1. The molecule has 1 aliphatic carbocycles. The van der Waals surface area contributed by atoms with Gasteiger partial charge in [0.15, 0.2) is 30.5 Å². The second-order valence-electron chi connectivity index (χ2n) is 7.63. The lowest BCUT2D eigenvalue weighted by molar-refractivity contribution is -0.264. The standard InChI is InChI=1S/C23H28O11/c1-12(24)30-19-18(29-11-17-9-7-6-8-10-17)20(31-13(2)25)22(33-15(4)27)23(34-16(5)28)21(19)32-14(3)26/h6-10,18-23H,11H2,1-5H3/t18?,19-,20-,21-,22+,23?/m0/s1. The summed E-state index contributed by atoms with van der Waals surface area (Å²) < 4.78 is 32.9. The summed E-state index contributed by atoms with van der Waals surface area (Å²) in [5.41, 5.74) is 0.737. The molecule has 0 amide bonds. The van der Waals surface area contributed by atoms with Gasteiger partial charge in [0.05, 0.1) is 6.61 Å². The van der Waals surface area contributed by atoms with Crippen molar-refractivity contribution in [2.45, 2.75) is 77.8 Å². The highest BCUT2D eigenvalue weighted by Crippen LogP contribution is 2.35. The van der Waals surface area contributed by atoms with Gasteiger partial charge in [-0.1, -0.05) is 30.3 Å². The van der Waals surface area contributed by atoms with Gasteiger partial charge in [-0.05, 0) is 5.56 Å². The lowest BCUT2D eigenvalue weighted by Gasteiger charge is -2.47. The number of esters is 5. The molecule has 0 aromatic heterocycles. The molecule has 1 aliphatic rings. The molecule has 11 heteroatoms. The first kappa shape index (κ1) is 26.8. The maximum atomic E-state index is 12.0. The van der Waals surface area contributed by atoms with Crippen molar-refractivity contribution in [1.82, 2.24) is 0 Å². The monoisotopic (exact) mass is 480 g/mol. The molecule has 6 atom stereocenters. The second kappa shape index (κ2) is 12.1. The molecular formula is C23H28O11. The number of hydrogen-bond acceptors (Lipinski definition) is 11. The van der Waals surface area contributed by atoms with Crippen LogP contribution >= 0.6 is 0 Å². The first-order valence-corrected chi connectivity index (χ1v) is 10.5. The fourth-order valence-corrected chi connectivity index (χ4v) is 3.71. The summed E-state index contributed by atoms with van der Waals surface area (Å²) in [6, 6.07) is 8.93. The van der Waals surface area contributed by atoms with E-state index in [0.717, 1.165) is 40.2 Å². The summed E-state index contributed by atoms with van der Waals surface area (Å²) in [5, 5.41) is 0. The van der Waals surface area contributed by atoms with Crippen molar-refractivity contribution in [2.24, 2.45) is 0 Å². The predicted molar refractivity (Wildman–Crippen MR) is 113 cm³/mol. The molecule has 0 heterocycles. The quantitative estimate of drug-likeness (QED) is 0.392. The molecule has 0 radical (unpaired) electrons. The van der Waals surface area contributed by atoms with Crippen molar-refractivity contribution < 1.29 is 52.4 Å². The Morgan fingerprint density at radius 1 is 0.529 bits per heavy atom. The number of hydrogen-bond donors (Lipinski definition) is 0. The van der Waals surface area contributed by atoms with E-state index >= 15 is 0 Å². The van der Waals surface area contributed by atoms with E-state index in [9.17, 15) is 24.0 Å². The van der Waals surface area contributed by atoms with Crippen LogP contribution in [0.5, 0.6) is 0 Å². The Labute approximate surface area is 196 Å². The van der Waals surface area contributed by atoms with Crippen LogP contribution in [0.2, 0.25) is 0 Å². The zero-order chi connectivity index (χ0) is 25.4. The molecule has 34 heavy (non-hydrogen) atoms. The molecule has 0 saturated heterocycles. The van der Waals surface area contributed by atoms with Crippen LogP contribution in [-0.2, 0) is 59.0 Å². The zero-order valence-electron chi connectivity index (χ0n) is 19.5. The van der Waals surface area contributed by atoms with Gasteiger partial charge in [0.2, 0.25) is 0 Å². The summed E-state index contributed by atoms with van der Waals surface area (Å²) in [6.45, 7) is 5.54. The summed E-state index contributed by atoms with van der Waals surface area (Å²) in [4.78, 5) is 59.6. The van der Waals surface area contributed by atoms with Crippen LogP contribution in [0.1, 0.15) is 40.2 Å². The van der Waals surface area contributed by atoms with Crippen molar-refractivity contribution in [2.75, 3.05) is 0 Å². The maximum absolute atomic E-state index is 12.0. The molecule has 2 unspecified atom stereocenters. The van der Waals surface area contributed by atoms with E-state index in [1.165, 1.54) is 0 Å². The molecule has 0 bridgehead atoms. The molecule has 1 fully saturated rings. The van der Waals surface area contributed by atoms with Crippen LogP contribution in [0.25, 0.3) is 0 Å². The van der Waals surface area contributed by atoms with Crippen molar-refractivity contribution in [3.63, 3.8) is 0 Å². The smallest absolute Gasteiger partial charge is 0.303 e. The molecule has 186 valence electrons. The average molecular weight is 480 g/mol. The molecule has 1 aromatic carbocycles. The Morgan fingerprint density at radius 2 is 0.824 bits per heavy atom. The van der Waals surface area contributed by atoms with Crippen LogP contribution in [-0.4, -0.2) is 66.5 Å². The Kier molecular flexibility index (Phi) is 9.55. The number of ether oxygens (including phenoxy) is 6. The third kappa shape index (κ3) is 7.55. The molecule has 1 saturated carbocycles. The van der Waals surface area contributed by atoms with E-state index < -0.39 is 66.5 Å². The number of carbonyl (C=O) groups is 5. The highest BCUT2D eigenvalue weighted by Gasteiger charge is 2.59. The van der Waals surface area contributed by atoms with Crippen LogP contribution in [0.3, 0.4) is 0 Å². The molecule has 11 nitrogen and oxygen atoms in total. The minimum absolute atomic E-state index is 0.0150. The van der Waals surface area contributed by atoms with Crippen molar-refractivity contribution in [1.29, 1.82) is 0 Å². The normalized spacial score (nSPS) is 26.0. The summed E-state index contributed by atoms with van der Waals surface area (Å²) in [6.07, 6.45) is -8.32. The van der Waals surface area contributed by atoms with Gasteiger partial charge in [-0.3, -0.25) is 24.0 Å². The van der Waals surface area contributed by atoms with Crippen molar-refractivity contribution in [3.05, 3.63) is 35.9 Å². The molecule has 0 N–H and O–H groups in total. The van der Waals surface area contributed by atoms with Gasteiger partial charge in [0.1, 0.15) is 6.10 Å². The first-order valence-electron chi connectivity index (χ1n) is 10.5. The molecule has 2 rings (SSSR count). The Bertz CT molecular complexity index is 853. The Balaban J connectivity index is 2.60. The van der Waals surface area contributed by atoms with E-state index in [2.05, 4.69) is 0 Å². The van der Waals surface area contributed by atoms with Crippen molar-refractivity contribution in [3.8, 4) is 0 Å². The molecule has 0 spiro atoms. The van der Waals surface area contributed by atoms with Crippen molar-refractivity contribution >= 4 is 29.8 Å². The lowest BCUT2D eigenvalue weighted by Crippen LogP contribution is -2.68. The van der Waals surface area contributed by atoms with E-state index in [0.29, 0.717) is 0 Å². The average Bonchev–Trinajstić information content (AvgIpc) is 2.72. The van der Waals surface area contributed by atoms with E-state index in [1.807, 2.05) is 6.07 Å². The highest BCUT2D eigenvalue weighted by molar-refractivity contribution is 5.70. The van der Waals surface area contributed by atoms with Gasteiger partial charge in [0.25, 0.3) is 0 Å². The zero-order valence-corrected chi connectivity index (χ0v) is 19.5. The largest absolute Gasteiger partial charge is 0.455 e. The van der Waals surface area contributed by atoms with Crippen LogP contribution < -0.4 is 0 Å². The first-order chi connectivity index (χ1) is 16.0. The van der Waals surface area contributed by atoms with Gasteiger partial charge in [-0.15, -0.1) is 0 Å². The number of carbonyl (C=O) groups excluding carboxylic acids is 5. The number of rotatable bonds is 8. The molecule has 1 aromatic rings. The minimum atomic E-state index is -1.46. The summed E-state index contributed by atoms with van der Waals surface area (Å²) in [5.74, 6) is -3.89. The third-order valence-electron chi connectivity index (χ3n) is 4.74. The van der Waals surface area contributed by atoms with Gasteiger partial charge >= 0.3 is 29.8 Å². The molecule has 0 aliphatic heterocycles. The van der Waals surface area contributed by atoms with Gasteiger partial charge < -0.3 is 28.4 Å².